The minimum absolute atomic E-state index is 0.826. The van der Waals surface area contributed by atoms with Gasteiger partial charge >= 0.3 is 37.9 Å². The van der Waals surface area contributed by atoms with Crippen LogP contribution in [-0.2, 0) is 20.8 Å². The first-order chi connectivity index (χ1) is 9.65. The monoisotopic (exact) mass is 379 g/mol. The summed E-state index contributed by atoms with van der Waals surface area (Å²) in [4.78, 5) is 0. The van der Waals surface area contributed by atoms with Gasteiger partial charge in [-0.2, -0.15) is 0 Å². The topological polar surface area (TPSA) is 0 Å². The number of benzene rings is 2. The Morgan fingerprint density at radius 1 is 0.900 bits per heavy atom. The van der Waals surface area contributed by atoms with Crippen molar-refractivity contribution in [2.45, 2.75) is 13.8 Å². The van der Waals surface area contributed by atoms with Gasteiger partial charge < -0.3 is 0 Å². The molecule has 0 N–H and O–H groups in total. The van der Waals surface area contributed by atoms with Crippen molar-refractivity contribution in [1.82, 2.24) is 0 Å². The summed E-state index contributed by atoms with van der Waals surface area (Å²) in [5.74, 6) is 0. The number of aryl methyl sites for hydroxylation is 1. The molecule has 1 aliphatic carbocycles. The fourth-order valence-corrected chi connectivity index (χ4v) is 2.37. The zero-order valence-corrected chi connectivity index (χ0v) is 15.4. The van der Waals surface area contributed by atoms with Gasteiger partial charge in [-0.05, 0) is 36.1 Å². The zero-order chi connectivity index (χ0) is 14.5. The molecule has 0 spiro atoms. The van der Waals surface area contributed by atoms with Crippen molar-refractivity contribution < 1.29 is 20.8 Å². The van der Waals surface area contributed by atoms with Crippen molar-refractivity contribution >= 4 is 23.1 Å². The van der Waals surface area contributed by atoms with Crippen molar-refractivity contribution in [2.75, 3.05) is 0 Å². The Morgan fingerprint density at radius 2 is 1.55 bits per heavy atom. The summed E-state index contributed by atoms with van der Waals surface area (Å²) in [7, 11) is 9.87. The summed E-state index contributed by atoms with van der Waals surface area (Å²) in [6, 6.07) is 15.3. The normalized spacial score (nSPS) is 12.1. The Bertz CT molecular complexity index is 615. The van der Waals surface area contributed by atoms with Crippen LogP contribution in [0.4, 0.5) is 0 Å². The van der Waals surface area contributed by atoms with E-state index in [0.717, 1.165) is 0 Å². The summed E-state index contributed by atoms with van der Waals surface area (Å²) in [5, 5.41) is 0. The van der Waals surface area contributed by atoms with E-state index >= 15 is 0 Å². The fourth-order valence-electron chi connectivity index (χ4n) is 2.37. The van der Waals surface area contributed by atoms with Crippen LogP contribution in [0, 0.1) is 13.3 Å². The first-order valence-corrected chi connectivity index (χ1v) is 12.7. The Labute approximate surface area is 139 Å². The molecule has 0 nitrogen and oxygen atoms in total. The van der Waals surface area contributed by atoms with E-state index in [1.807, 2.05) is 0 Å². The summed E-state index contributed by atoms with van der Waals surface area (Å²) in [6.07, 6.45) is 4.51. The molecule has 0 atom stereocenters. The van der Waals surface area contributed by atoms with Crippen LogP contribution in [0.5, 0.6) is 0 Å². The minimum atomic E-state index is -0.826. The predicted octanol–water partition coefficient (Wildman–Crippen LogP) is 6.01. The molecule has 0 fully saturated rings. The van der Waals surface area contributed by atoms with Gasteiger partial charge in [0.05, 0.1) is 0 Å². The second kappa shape index (κ2) is 7.59. The molecule has 20 heavy (non-hydrogen) atoms. The first-order valence-electron chi connectivity index (χ1n) is 6.35. The Hall–Kier alpha value is -0.357. The number of rotatable bonds is 1. The molecule has 0 aliphatic heterocycles. The number of halogens is 2. The molecule has 0 unspecified atom stereocenters. The third kappa shape index (κ3) is 3.85. The van der Waals surface area contributed by atoms with Gasteiger partial charge in [-0.25, -0.2) is 0 Å². The average molecular weight is 381 g/mol. The van der Waals surface area contributed by atoms with E-state index in [0.29, 0.717) is 0 Å². The third-order valence-corrected chi connectivity index (χ3v) is 3.26. The van der Waals surface area contributed by atoms with E-state index < -0.39 is 20.8 Å². The maximum absolute atomic E-state index is 4.93. The van der Waals surface area contributed by atoms with Gasteiger partial charge in [0.15, 0.2) is 0 Å². The van der Waals surface area contributed by atoms with Gasteiger partial charge in [0.25, 0.3) is 0 Å². The zero-order valence-electron chi connectivity index (χ0n) is 11.5. The number of allylic oxidation sites excluding steroid dienone is 1. The molecule has 0 bridgehead atoms. The van der Waals surface area contributed by atoms with Gasteiger partial charge in [0.2, 0.25) is 0 Å². The van der Waals surface area contributed by atoms with Gasteiger partial charge in [-0.1, -0.05) is 59.7 Å². The third-order valence-electron chi connectivity index (χ3n) is 3.26. The molecule has 2 aromatic carbocycles. The second-order valence-corrected chi connectivity index (χ2v) is 8.51. The van der Waals surface area contributed by atoms with Crippen molar-refractivity contribution in [2.24, 2.45) is 0 Å². The van der Waals surface area contributed by atoms with Crippen molar-refractivity contribution in [3.05, 3.63) is 71.1 Å². The summed E-state index contributed by atoms with van der Waals surface area (Å²) in [6.45, 7) is 4.27. The van der Waals surface area contributed by atoms with Crippen molar-refractivity contribution in [3.63, 3.8) is 0 Å². The summed E-state index contributed by atoms with van der Waals surface area (Å²) >= 11 is -0.826. The van der Waals surface area contributed by atoms with Crippen molar-refractivity contribution in [1.29, 1.82) is 0 Å². The van der Waals surface area contributed by atoms with Crippen LogP contribution in [0.2, 0.25) is 0 Å². The van der Waals surface area contributed by atoms with Crippen LogP contribution >= 0.6 is 17.0 Å². The molecule has 1 aliphatic rings. The standard InChI is InChI=1S/C17H15.2ClH.Zr/c1-12-6-8-14(9-7-12)16-5-3-4-15-10-13(2)11-17(15)16;;;/h3-11H,1-2H3;2*1H;/q;;;+2/p-2. The van der Waals surface area contributed by atoms with Crippen LogP contribution in [0.25, 0.3) is 17.2 Å². The molecule has 3 heteroatoms. The number of hydrogen-bond donors (Lipinski definition) is 0. The maximum atomic E-state index is 4.93. The molecule has 0 saturated heterocycles. The van der Waals surface area contributed by atoms with E-state index in [4.69, 9.17) is 17.0 Å². The molecule has 2 aromatic rings. The average Bonchev–Trinajstić information content (AvgIpc) is 2.80. The van der Waals surface area contributed by atoms with E-state index in [2.05, 4.69) is 68.8 Å². The van der Waals surface area contributed by atoms with Gasteiger partial charge in [0, 0.05) is 6.42 Å². The fraction of sp³-hybridized carbons (Fsp3) is 0.118. The molecular weight excluding hydrogens is 366 g/mol. The van der Waals surface area contributed by atoms with Gasteiger partial charge in [0.1, 0.15) is 0 Å². The summed E-state index contributed by atoms with van der Waals surface area (Å²) in [5.41, 5.74) is 7.95. The molecule has 0 aromatic heterocycles. The molecule has 0 heterocycles. The molecule has 101 valence electrons. The van der Waals surface area contributed by atoms with E-state index in [9.17, 15) is 0 Å². The summed E-state index contributed by atoms with van der Waals surface area (Å²) < 4.78 is 0. The van der Waals surface area contributed by atoms with E-state index in [1.54, 1.807) is 0 Å². The van der Waals surface area contributed by atoms with Crippen LogP contribution in [0.15, 0.2) is 48.0 Å². The Kier molecular flexibility index (Phi) is 6.08. The van der Waals surface area contributed by atoms with Crippen LogP contribution in [-0.4, -0.2) is 0 Å². The molecule has 3 rings (SSSR count). The second-order valence-electron chi connectivity index (χ2n) is 4.78. The van der Waals surface area contributed by atoms with E-state index in [-0.39, 0.29) is 0 Å². The van der Waals surface area contributed by atoms with Crippen LogP contribution in [0.3, 0.4) is 0 Å². The first kappa shape index (κ1) is 16.0. The Balaban J connectivity index is 0.000000452. The van der Waals surface area contributed by atoms with Crippen LogP contribution < -0.4 is 0 Å². The SMILES string of the molecule is CC1=Cc2c(cccc2-c2ccc(C)cc2)[CH]1.[Cl][Zr][Cl]. The molecule has 0 saturated carbocycles. The van der Waals surface area contributed by atoms with E-state index in [1.165, 1.54) is 33.4 Å². The molecule has 0 amide bonds. The van der Waals surface area contributed by atoms with Gasteiger partial charge in [-0.15, -0.1) is 0 Å². The number of fused-ring (bicyclic) bond motifs is 1. The van der Waals surface area contributed by atoms with Gasteiger partial charge in [-0.3, -0.25) is 0 Å². The Morgan fingerprint density at radius 3 is 2.20 bits per heavy atom. The number of hydrogen-bond acceptors (Lipinski definition) is 0. The predicted molar refractivity (Wildman–Crippen MR) is 85.4 cm³/mol. The van der Waals surface area contributed by atoms with Crippen molar-refractivity contribution in [3.8, 4) is 11.1 Å². The molecule has 1 radical (unpaired) electrons. The van der Waals surface area contributed by atoms with Crippen LogP contribution in [0.1, 0.15) is 23.6 Å². The quantitative estimate of drug-likeness (QED) is 0.568. The molecular formula is C17H15Cl2Zr.